The number of aromatic nitrogens is 1. The second-order valence-corrected chi connectivity index (χ2v) is 7.40. The van der Waals surface area contributed by atoms with Crippen LogP contribution in [0.1, 0.15) is 34.1 Å². The first-order valence-corrected chi connectivity index (χ1v) is 9.80. The summed E-state index contributed by atoms with van der Waals surface area (Å²) in [6, 6.07) is 8.27. The van der Waals surface area contributed by atoms with Gasteiger partial charge in [-0.2, -0.15) is 13.2 Å². The first-order valence-electron chi connectivity index (χ1n) is 8.92. The van der Waals surface area contributed by atoms with Crippen LogP contribution < -0.4 is 4.90 Å². The molecular formula is C21H16F4N2O3S. The molecular weight excluding hydrogens is 436 g/mol. The van der Waals surface area contributed by atoms with Crippen molar-refractivity contribution < 1.29 is 31.9 Å². The fraction of sp³-hybridized carbons (Fsp3) is 0.190. The van der Waals surface area contributed by atoms with Crippen molar-refractivity contribution in [3.05, 3.63) is 76.0 Å². The molecule has 162 valence electrons. The van der Waals surface area contributed by atoms with E-state index in [-0.39, 0.29) is 23.0 Å². The first kappa shape index (κ1) is 22.4. The first-order chi connectivity index (χ1) is 14.6. The van der Waals surface area contributed by atoms with Crippen LogP contribution >= 0.6 is 11.3 Å². The average Bonchev–Trinajstić information content (AvgIpc) is 3.16. The Hall–Kier alpha value is -3.27. The van der Waals surface area contributed by atoms with Crippen molar-refractivity contribution in [1.29, 1.82) is 0 Å². The van der Waals surface area contributed by atoms with E-state index in [1.165, 1.54) is 36.6 Å². The molecule has 0 atom stereocenters. The molecule has 0 aliphatic heterocycles. The van der Waals surface area contributed by atoms with E-state index in [1.54, 1.807) is 6.92 Å². The summed E-state index contributed by atoms with van der Waals surface area (Å²) < 4.78 is 57.8. The zero-order valence-electron chi connectivity index (χ0n) is 16.4. The van der Waals surface area contributed by atoms with E-state index in [9.17, 15) is 27.2 Å². The van der Waals surface area contributed by atoms with Gasteiger partial charge in [0.1, 0.15) is 12.4 Å². The highest BCUT2D eigenvalue weighted by molar-refractivity contribution is 7.14. The summed E-state index contributed by atoms with van der Waals surface area (Å²) in [5.74, 6) is -1.83. The fourth-order valence-electron chi connectivity index (χ4n) is 2.66. The fourth-order valence-corrected chi connectivity index (χ4v) is 3.53. The van der Waals surface area contributed by atoms with Crippen molar-refractivity contribution in [2.24, 2.45) is 0 Å². The molecule has 0 radical (unpaired) electrons. The van der Waals surface area contributed by atoms with Gasteiger partial charge in [-0.1, -0.05) is 12.1 Å². The predicted octanol–water partition coefficient (Wildman–Crippen LogP) is 5.65. The normalized spacial score (nSPS) is 11.3. The van der Waals surface area contributed by atoms with E-state index in [1.807, 2.05) is 0 Å². The Labute approximate surface area is 178 Å². The van der Waals surface area contributed by atoms with Gasteiger partial charge in [0.25, 0.3) is 0 Å². The molecule has 0 aliphatic rings. The van der Waals surface area contributed by atoms with E-state index < -0.39 is 29.4 Å². The highest BCUT2D eigenvalue weighted by Crippen LogP contribution is 2.35. The number of rotatable bonds is 5. The van der Waals surface area contributed by atoms with Gasteiger partial charge in [0.15, 0.2) is 5.13 Å². The van der Waals surface area contributed by atoms with Gasteiger partial charge in [-0.05, 0) is 42.8 Å². The largest absolute Gasteiger partial charge is 0.456 e. The van der Waals surface area contributed by atoms with Crippen LogP contribution in [0.25, 0.3) is 0 Å². The third kappa shape index (κ3) is 5.26. The summed E-state index contributed by atoms with van der Waals surface area (Å²) in [5, 5.41) is 1.64. The Bertz CT molecular complexity index is 1130. The Kier molecular flexibility index (Phi) is 6.40. The molecule has 1 aromatic heterocycles. The van der Waals surface area contributed by atoms with Crippen molar-refractivity contribution >= 4 is 34.0 Å². The zero-order valence-corrected chi connectivity index (χ0v) is 17.2. The Balaban J connectivity index is 1.77. The summed E-state index contributed by atoms with van der Waals surface area (Å²) in [7, 11) is 0. The molecule has 1 amide bonds. The Morgan fingerprint density at radius 1 is 1.16 bits per heavy atom. The van der Waals surface area contributed by atoms with Crippen molar-refractivity contribution in [1.82, 2.24) is 4.98 Å². The van der Waals surface area contributed by atoms with Crippen LogP contribution in [0.15, 0.2) is 47.8 Å². The standard InChI is InChI=1S/C21H16F4N2O3S/c1-12-6-7-14(8-18(12)22)19(29)30-10-16-11-31-20(26-16)27(13(2)28)17-5-3-4-15(9-17)21(23,24)25/h3-9,11H,10H2,1-2H3. The number of alkyl halides is 3. The molecule has 10 heteroatoms. The number of hydrogen-bond acceptors (Lipinski definition) is 5. The SMILES string of the molecule is CC(=O)N(c1cccc(C(F)(F)F)c1)c1nc(COC(=O)c2ccc(C)c(F)c2)cs1. The van der Waals surface area contributed by atoms with Gasteiger partial charge in [0.05, 0.1) is 22.5 Å². The number of esters is 1. The molecule has 0 unspecified atom stereocenters. The number of nitrogens with zero attached hydrogens (tertiary/aromatic N) is 2. The molecule has 3 aromatic rings. The number of carbonyl (C=O) groups excluding carboxylic acids is 2. The van der Waals surface area contributed by atoms with Gasteiger partial charge in [-0.15, -0.1) is 11.3 Å². The van der Waals surface area contributed by atoms with Gasteiger partial charge in [0.2, 0.25) is 5.91 Å². The number of halogens is 4. The predicted molar refractivity (Wildman–Crippen MR) is 107 cm³/mol. The molecule has 0 bridgehead atoms. The minimum atomic E-state index is -4.56. The van der Waals surface area contributed by atoms with Crippen LogP contribution in [0.2, 0.25) is 0 Å². The molecule has 3 rings (SSSR count). The van der Waals surface area contributed by atoms with E-state index in [4.69, 9.17) is 4.74 Å². The van der Waals surface area contributed by atoms with E-state index >= 15 is 0 Å². The second kappa shape index (κ2) is 8.84. The quantitative estimate of drug-likeness (QED) is 0.371. The smallest absolute Gasteiger partial charge is 0.416 e. The Morgan fingerprint density at radius 2 is 1.90 bits per heavy atom. The van der Waals surface area contributed by atoms with E-state index in [0.29, 0.717) is 11.3 Å². The number of thiazole rings is 1. The molecule has 0 N–H and O–H groups in total. The highest BCUT2D eigenvalue weighted by Gasteiger charge is 2.31. The maximum atomic E-state index is 13.6. The van der Waals surface area contributed by atoms with Gasteiger partial charge < -0.3 is 4.74 Å². The van der Waals surface area contributed by atoms with Crippen molar-refractivity contribution in [3.63, 3.8) is 0 Å². The number of amides is 1. The van der Waals surface area contributed by atoms with Crippen LogP contribution in [0.5, 0.6) is 0 Å². The number of hydrogen-bond donors (Lipinski definition) is 0. The molecule has 0 saturated heterocycles. The lowest BCUT2D eigenvalue weighted by Gasteiger charge is -2.19. The zero-order chi connectivity index (χ0) is 22.8. The molecule has 2 aromatic carbocycles. The van der Waals surface area contributed by atoms with Gasteiger partial charge >= 0.3 is 12.1 Å². The second-order valence-electron chi connectivity index (χ2n) is 6.56. The minimum absolute atomic E-state index is 0.00958. The third-order valence-electron chi connectivity index (χ3n) is 4.24. The minimum Gasteiger partial charge on any atom is -0.456 e. The summed E-state index contributed by atoms with van der Waals surface area (Å²) in [6.07, 6.45) is -4.56. The highest BCUT2D eigenvalue weighted by atomic mass is 32.1. The van der Waals surface area contributed by atoms with Gasteiger partial charge in [-0.3, -0.25) is 9.69 Å². The lowest BCUT2D eigenvalue weighted by Crippen LogP contribution is -2.23. The summed E-state index contributed by atoms with van der Waals surface area (Å²) in [4.78, 5) is 29.4. The topological polar surface area (TPSA) is 59.5 Å². The van der Waals surface area contributed by atoms with Crippen LogP contribution in [-0.2, 0) is 22.3 Å². The monoisotopic (exact) mass is 452 g/mol. The number of aryl methyl sites for hydroxylation is 1. The van der Waals surface area contributed by atoms with Crippen LogP contribution in [0, 0.1) is 12.7 Å². The van der Waals surface area contributed by atoms with Crippen LogP contribution in [0.4, 0.5) is 28.4 Å². The summed E-state index contributed by atoms with van der Waals surface area (Å²) >= 11 is 1.01. The third-order valence-corrected chi connectivity index (χ3v) is 5.11. The number of benzene rings is 2. The summed E-state index contributed by atoms with van der Waals surface area (Å²) in [5.41, 5.74) is -0.172. The van der Waals surface area contributed by atoms with Crippen LogP contribution in [0.3, 0.4) is 0 Å². The van der Waals surface area contributed by atoms with Gasteiger partial charge in [-0.25, -0.2) is 14.2 Å². The maximum absolute atomic E-state index is 13.6. The van der Waals surface area contributed by atoms with Crippen molar-refractivity contribution in [2.75, 3.05) is 4.90 Å². The van der Waals surface area contributed by atoms with Gasteiger partial charge in [0, 0.05) is 12.3 Å². The summed E-state index contributed by atoms with van der Waals surface area (Å²) in [6.45, 7) is 2.51. The Morgan fingerprint density at radius 3 is 2.55 bits per heavy atom. The molecule has 1 heterocycles. The molecule has 0 aliphatic carbocycles. The molecule has 31 heavy (non-hydrogen) atoms. The molecule has 0 fully saturated rings. The average molecular weight is 452 g/mol. The van der Waals surface area contributed by atoms with Crippen molar-refractivity contribution in [2.45, 2.75) is 26.6 Å². The lowest BCUT2D eigenvalue weighted by atomic mass is 10.1. The molecule has 5 nitrogen and oxygen atoms in total. The molecule has 0 saturated carbocycles. The van der Waals surface area contributed by atoms with E-state index in [2.05, 4.69) is 4.98 Å². The molecule has 0 spiro atoms. The van der Waals surface area contributed by atoms with Crippen LogP contribution in [-0.4, -0.2) is 16.9 Å². The number of carbonyl (C=O) groups is 2. The maximum Gasteiger partial charge on any atom is 0.416 e. The number of ether oxygens (including phenoxy) is 1. The lowest BCUT2D eigenvalue weighted by molar-refractivity contribution is -0.137. The number of anilines is 2. The van der Waals surface area contributed by atoms with E-state index in [0.717, 1.165) is 34.4 Å². The van der Waals surface area contributed by atoms with Crippen molar-refractivity contribution in [3.8, 4) is 0 Å².